The molecule has 1 aromatic heterocycles. The topological polar surface area (TPSA) is 102 Å². The van der Waals surface area contributed by atoms with Crippen LogP contribution in [0.4, 0.5) is 21.5 Å². The van der Waals surface area contributed by atoms with Crippen molar-refractivity contribution in [1.29, 1.82) is 0 Å². The Labute approximate surface area is 177 Å². The summed E-state index contributed by atoms with van der Waals surface area (Å²) < 4.78 is 47.2. The Balaban J connectivity index is 2.02. The molecule has 3 rings (SSSR count). The summed E-state index contributed by atoms with van der Waals surface area (Å²) in [6.45, 7) is 1.70. The van der Waals surface area contributed by atoms with E-state index in [1.807, 2.05) is 0 Å². The fraction of sp³-hybridized carbons (Fsp3) is 0.263. The van der Waals surface area contributed by atoms with Crippen LogP contribution in [0.15, 0.2) is 35.4 Å². The van der Waals surface area contributed by atoms with Crippen molar-refractivity contribution in [2.45, 2.75) is 6.92 Å². The first-order valence-corrected chi connectivity index (χ1v) is 10.9. The molecule has 2 N–H and O–H groups in total. The van der Waals surface area contributed by atoms with Crippen molar-refractivity contribution in [3.05, 3.63) is 57.3 Å². The molecule has 11 heteroatoms. The van der Waals surface area contributed by atoms with Gasteiger partial charge in [0.1, 0.15) is 5.82 Å². The van der Waals surface area contributed by atoms with Crippen LogP contribution in [0.3, 0.4) is 0 Å². The summed E-state index contributed by atoms with van der Waals surface area (Å²) in [5, 5.41) is 3.12. The molecule has 8 nitrogen and oxygen atoms in total. The summed E-state index contributed by atoms with van der Waals surface area (Å²) in [4.78, 5) is 16.7. The number of ether oxygens (including phenoxy) is 1. The Hall–Kier alpha value is -2.69. The third-order valence-electron chi connectivity index (χ3n) is 4.52. The molecule has 30 heavy (non-hydrogen) atoms. The molecule has 0 unspecified atom stereocenters. The lowest BCUT2D eigenvalue weighted by Crippen LogP contribution is -2.20. The predicted molar refractivity (Wildman–Crippen MR) is 116 cm³/mol. The number of hydrogen-bond donors (Lipinski definition) is 2. The van der Waals surface area contributed by atoms with E-state index in [0.29, 0.717) is 22.2 Å². The second-order valence-corrected chi connectivity index (χ2v) is 8.84. The fourth-order valence-electron chi connectivity index (χ4n) is 2.88. The van der Waals surface area contributed by atoms with Gasteiger partial charge in [0.25, 0.3) is 5.56 Å². The van der Waals surface area contributed by atoms with E-state index in [0.717, 1.165) is 6.07 Å². The minimum atomic E-state index is -3.73. The van der Waals surface area contributed by atoms with Gasteiger partial charge in [-0.25, -0.2) is 17.8 Å². The lowest BCUT2D eigenvalue weighted by Gasteiger charge is -2.16. The summed E-state index contributed by atoms with van der Waals surface area (Å²) in [5.74, 6) is -0.960. The summed E-state index contributed by atoms with van der Waals surface area (Å²) >= 11 is 6.29. The van der Waals surface area contributed by atoms with Crippen LogP contribution in [0, 0.1) is 12.7 Å². The lowest BCUT2D eigenvalue weighted by molar-refractivity contribution is 0.217. The summed E-state index contributed by atoms with van der Waals surface area (Å²) in [6, 6.07) is 5.62. The number of hydrogen-bond acceptors (Lipinski definition) is 6. The van der Waals surface area contributed by atoms with E-state index in [1.54, 1.807) is 26.1 Å². The second-order valence-electron chi connectivity index (χ2n) is 6.62. The molecule has 3 aromatic rings. The fourth-order valence-corrected chi connectivity index (χ4v) is 4.18. The smallest absolute Gasteiger partial charge is 0.261 e. The van der Waals surface area contributed by atoms with Crippen LogP contribution in [-0.4, -0.2) is 37.4 Å². The maximum Gasteiger partial charge on any atom is 0.261 e. The van der Waals surface area contributed by atoms with Crippen molar-refractivity contribution in [3.8, 4) is 0 Å². The van der Waals surface area contributed by atoms with Crippen molar-refractivity contribution in [2.75, 3.05) is 29.5 Å². The third-order valence-corrected chi connectivity index (χ3v) is 6.15. The van der Waals surface area contributed by atoms with Crippen LogP contribution >= 0.6 is 11.6 Å². The molecule has 0 saturated carbocycles. The van der Waals surface area contributed by atoms with Gasteiger partial charge in [-0.2, -0.15) is 0 Å². The van der Waals surface area contributed by atoms with Gasteiger partial charge in [-0.05, 0) is 36.8 Å². The van der Waals surface area contributed by atoms with Gasteiger partial charge in [0.05, 0.1) is 46.0 Å². The van der Waals surface area contributed by atoms with Gasteiger partial charge < -0.3 is 14.6 Å². The van der Waals surface area contributed by atoms with E-state index < -0.39 is 15.8 Å². The van der Waals surface area contributed by atoms with Crippen molar-refractivity contribution >= 4 is 49.6 Å². The summed E-state index contributed by atoms with van der Waals surface area (Å²) in [7, 11) is -0.758. The number of fused-ring (bicyclic) bond motifs is 1. The number of sulfonamides is 1. The molecule has 1 heterocycles. The molecular formula is C19H20ClFN4O4S. The number of benzene rings is 2. The lowest BCUT2D eigenvalue weighted by atomic mass is 10.1. The molecule has 2 aromatic carbocycles. The zero-order valence-electron chi connectivity index (χ0n) is 16.5. The zero-order valence-corrected chi connectivity index (χ0v) is 18.1. The highest BCUT2D eigenvalue weighted by Gasteiger charge is 2.18. The first kappa shape index (κ1) is 22.0. The van der Waals surface area contributed by atoms with E-state index in [2.05, 4.69) is 15.0 Å². The average molecular weight is 455 g/mol. The molecule has 160 valence electrons. The van der Waals surface area contributed by atoms with Gasteiger partial charge in [-0.15, -0.1) is 0 Å². The Morgan fingerprint density at radius 3 is 2.63 bits per heavy atom. The molecule has 0 atom stereocenters. The third kappa shape index (κ3) is 4.40. The van der Waals surface area contributed by atoms with Crippen molar-refractivity contribution in [3.63, 3.8) is 0 Å². The number of anilines is 3. The molecule has 0 bridgehead atoms. The normalized spacial score (nSPS) is 11.6. The largest absolute Gasteiger partial charge is 0.384 e. The maximum atomic E-state index is 14.5. The SMILES string of the molecule is COCCS(=O)(=O)Nc1ccc(F)c(Nc2ccc3ncn(C)c(=O)c3c2C)c1Cl. The monoisotopic (exact) mass is 454 g/mol. The molecule has 0 aliphatic rings. The van der Waals surface area contributed by atoms with Crippen LogP contribution in [0.2, 0.25) is 5.02 Å². The van der Waals surface area contributed by atoms with Gasteiger partial charge in [-0.3, -0.25) is 9.52 Å². The van der Waals surface area contributed by atoms with E-state index >= 15 is 0 Å². The zero-order chi connectivity index (χ0) is 22.1. The molecular weight excluding hydrogens is 435 g/mol. The van der Waals surface area contributed by atoms with E-state index in [1.165, 1.54) is 24.1 Å². The molecule has 0 saturated heterocycles. The highest BCUT2D eigenvalue weighted by molar-refractivity contribution is 7.92. The molecule has 0 spiro atoms. The molecule has 0 radical (unpaired) electrons. The summed E-state index contributed by atoms with van der Waals surface area (Å²) in [6.07, 6.45) is 1.42. The van der Waals surface area contributed by atoms with Crippen molar-refractivity contribution in [1.82, 2.24) is 9.55 Å². The van der Waals surface area contributed by atoms with Crippen LogP contribution in [0.1, 0.15) is 5.56 Å². The van der Waals surface area contributed by atoms with Crippen LogP contribution in [-0.2, 0) is 21.8 Å². The first-order valence-electron chi connectivity index (χ1n) is 8.84. The Morgan fingerprint density at radius 2 is 1.93 bits per heavy atom. The van der Waals surface area contributed by atoms with Crippen LogP contribution in [0.5, 0.6) is 0 Å². The van der Waals surface area contributed by atoms with Crippen LogP contribution < -0.4 is 15.6 Å². The minimum Gasteiger partial charge on any atom is -0.384 e. The van der Waals surface area contributed by atoms with Crippen LogP contribution in [0.25, 0.3) is 10.9 Å². The number of halogens is 2. The maximum absolute atomic E-state index is 14.5. The Morgan fingerprint density at radius 1 is 1.23 bits per heavy atom. The minimum absolute atomic E-state index is 0.00146. The number of methoxy groups -OCH3 is 1. The quantitative estimate of drug-likeness (QED) is 0.568. The predicted octanol–water partition coefficient (Wildman–Crippen LogP) is 3.17. The van der Waals surface area contributed by atoms with E-state index in [-0.39, 0.29) is 34.3 Å². The highest BCUT2D eigenvalue weighted by Crippen LogP contribution is 2.36. The van der Waals surface area contributed by atoms with E-state index in [4.69, 9.17) is 16.3 Å². The molecule has 0 aliphatic heterocycles. The molecule has 0 aliphatic carbocycles. The average Bonchev–Trinajstić information content (AvgIpc) is 2.70. The van der Waals surface area contributed by atoms with Gasteiger partial charge in [0, 0.05) is 19.8 Å². The van der Waals surface area contributed by atoms with E-state index in [9.17, 15) is 17.6 Å². The first-order chi connectivity index (χ1) is 14.1. The standard InChI is InChI=1S/C19H20ClFN4O4S/c1-11-13(6-7-14-16(11)19(26)25(2)10-22-14)23-18-12(21)4-5-15(17(18)20)24-30(27,28)9-8-29-3/h4-7,10,23-24H,8-9H2,1-3H3. The number of aryl methyl sites for hydroxylation is 2. The van der Waals surface area contributed by atoms with Gasteiger partial charge in [0.15, 0.2) is 0 Å². The Bertz CT molecular complexity index is 1280. The van der Waals surface area contributed by atoms with Gasteiger partial charge >= 0.3 is 0 Å². The second kappa shape index (κ2) is 8.58. The number of nitrogens with one attached hydrogen (secondary N) is 2. The molecule has 0 amide bonds. The summed E-state index contributed by atoms with van der Waals surface area (Å²) in [5.41, 5.74) is 1.16. The number of aromatic nitrogens is 2. The van der Waals surface area contributed by atoms with Gasteiger partial charge in [0.2, 0.25) is 10.0 Å². The Kier molecular flexibility index (Phi) is 6.30. The van der Waals surface area contributed by atoms with Gasteiger partial charge in [-0.1, -0.05) is 11.6 Å². The number of rotatable bonds is 7. The number of nitrogens with zero attached hydrogens (tertiary/aromatic N) is 2. The van der Waals surface area contributed by atoms with Crippen molar-refractivity contribution in [2.24, 2.45) is 7.05 Å². The van der Waals surface area contributed by atoms with Crippen molar-refractivity contribution < 1.29 is 17.5 Å². The highest BCUT2D eigenvalue weighted by atomic mass is 35.5. The molecule has 0 fully saturated rings.